The van der Waals surface area contributed by atoms with E-state index in [2.05, 4.69) is 164 Å². The van der Waals surface area contributed by atoms with Crippen LogP contribution in [-0.4, -0.2) is 0 Å². The summed E-state index contributed by atoms with van der Waals surface area (Å²) in [5, 5.41) is 12.3. The van der Waals surface area contributed by atoms with E-state index >= 15 is 0 Å². The first-order valence-electron chi connectivity index (χ1n) is 16.2. The number of benzene rings is 9. The molecule has 0 fully saturated rings. The number of hydrogen-bond acceptors (Lipinski definition) is 1. The Balaban J connectivity index is 1.38. The molecule has 0 bridgehead atoms. The van der Waals surface area contributed by atoms with Gasteiger partial charge in [0.2, 0.25) is 0 Å². The second kappa shape index (κ2) is 10.2. The number of rotatable bonds is 3. The summed E-state index contributed by atoms with van der Waals surface area (Å²) >= 11 is 0. The van der Waals surface area contributed by atoms with Crippen molar-refractivity contribution in [3.05, 3.63) is 170 Å². The molecule has 10 aromatic rings. The molecule has 47 heavy (non-hydrogen) atoms. The van der Waals surface area contributed by atoms with Crippen LogP contribution >= 0.6 is 0 Å². The van der Waals surface area contributed by atoms with Crippen molar-refractivity contribution < 1.29 is 4.42 Å². The van der Waals surface area contributed by atoms with Crippen molar-refractivity contribution in [2.45, 2.75) is 0 Å². The smallest absolute Gasteiger partial charge is 0.143 e. The van der Waals surface area contributed by atoms with Crippen LogP contribution in [0.1, 0.15) is 0 Å². The second-order valence-electron chi connectivity index (χ2n) is 12.4. The van der Waals surface area contributed by atoms with Crippen molar-refractivity contribution in [3.63, 3.8) is 0 Å². The van der Waals surface area contributed by atoms with Gasteiger partial charge < -0.3 is 4.42 Å². The minimum atomic E-state index is 0.913. The molecule has 1 nitrogen and oxygen atoms in total. The highest BCUT2D eigenvalue weighted by Crippen LogP contribution is 2.48. The first kappa shape index (κ1) is 26.1. The third-order valence-electron chi connectivity index (χ3n) is 9.86. The second-order valence-corrected chi connectivity index (χ2v) is 12.4. The summed E-state index contributed by atoms with van der Waals surface area (Å²) in [5.41, 5.74) is 9.10. The van der Waals surface area contributed by atoms with Crippen LogP contribution in [0.2, 0.25) is 0 Å². The van der Waals surface area contributed by atoms with Gasteiger partial charge in [0.15, 0.2) is 0 Å². The van der Waals surface area contributed by atoms with Gasteiger partial charge in [0, 0.05) is 16.3 Å². The number of hydrogen-bond donors (Lipinski definition) is 0. The number of fused-ring (bicyclic) bond motifs is 7. The molecular formula is C46H28O. The van der Waals surface area contributed by atoms with E-state index < -0.39 is 0 Å². The van der Waals surface area contributed by atoms with Crippen LogP contribution in [0, 0.1) is 0 Å². The van der Waals surface area contributed by atoms with E-state index in [1.807, 2.05) is 6.07 Å². The third-order valence-corrected chi connectivity index (χ3v) is 9.86. The minimum absolute atomic E-state index is 0.913. The Morgan fingerprint density at radius 2 is 0.766 bits per heavy atom. The van der Waals surface area contributed by atoms with E-state index in [1.54, 1.807) is 0 Å². The molecule has 10 rings (SSSR count). The van der Waals surface area contributed by atoms with Crippen molar-refractivity contribution in [2.75, 3.05) is 0 Å². The zero-order chi connectivity index (χ0) is 30.9. The van der Waals surface area contributed by atoms with Gasteiger partial charge in [-0.15, -0.1) is 0 Å². The summed E-state index contributed by atoms with van der Waals surface area (Å²) in [6.45, 7) is 0. The van der Waals surface area contributed by atoms with Crippen LogP contribution in [0.4, 0.5) is 0 Å². The zero-order valence-electron chi connectivity index (χ0n) is 25.6. The van der Waals surface area contributed by atoms with Crippen molar-refractivity contribution in [1.29, 1.82) is 0 Å². The molecule has 0 aliphatic rings. The first-order valence-corrected chi connectivity index (χ1v) is 16.2. The Labute approximate surface area is 271 Å². The maximum absolute atomic E-state index is 6.53. The highest BCUT2D eigenvalue weighted by Gasteiger charge is 2.20. The fraction of sp³-hybridized carbons (Fsp3) is 0. The topological polar surface area (TPSA) is 13.1 Å². The van der Waals surface area contributed by atoms with Crippen LogP contribution in [0.5, 0.6) is 0 Å². The van der Waals surface area contributed by atoms with Gasteiger partial charge in [-0.05, 0) is 83.0 Å². The largest absolute Gasteiger partial charge is 0.455 e. The molecular weight excluding hydrogens is 569 g/mol. The predicted molar refractivity (Wildman–Crippen MR) is 200 cm³/mol. The van der Waals surface area contributed by atoms with Gasteiger partial charge in [-0.3, -0.25) is 0 Å². The van der Waals surface area contributed by atoms with Gasteiger partial charge in [-0.25, -0.2) is 0 Å². The molecule has 0 atom stereocenters. The van der Waals surface area contributed by atoms with E-state index in [0.29, 0.717) is 0 Å². The van der Waals surface area contributed by atoms with Crippen LogP contribution in [0.15, 0.2) is 174 Å². The van der Waals surface area contributed by atoms with Gasteiger partial charge in [0.05, 0.1) is 0 Å². The molecule has 1 aromatic heterocycles. The van der Waals surface area contributed by atoms with Crippen LogP contribution in [0.25, 0.3) is 98.4 Å². The zero-order valence-corrected chi connectivity index (χ0v) is 25.6. The van der Waals surface area contributed by atoms with E-state index in [0.717, 1.165) is 33.1 Å². The van der Waals surface area contributed by atoms with Crippen molar-refractivity contribution in [2.24, 2.45) is 0 Å². The van der Waals surface area contributed by atoms with Crippen molar-refractivity contribution in [1.82, 2.24) is 0 Å². The van der Waals surface area contributed by atoms with Gasteiger partial charge in [0.25, 0.3) is 0 Å². The molecule has 0 radical (unpaired) electrons. The van der Waals surface area contributed by atoms with Gasteiger partial charge in [-0.1, -0.05) is 158 Å². The van der Waals surface area contributed by atoms with Crippen LogP contribution < -0.4 is 0 Å². The molecule has 0 saturated carbocycles. The molecule has 0 aliphatic carbocycles. The lowest BCUT2D eigenvalue weighted by Gasteiger charge is -2.20. The summed E-state index contributed by atoms with van der Waals surface area (Å²) in [6, 6.07) is 61.6. The highest BCUT2D eigenvalue weighted by molar-refractivity contribution is 6.26. The van der Waals surface area contributed by atoms with Crippen LogP contribution in [-0.2, 0) is 0 Å². The summed E-state index contributed by atoms with van der Waals surface area (Å²) in [6.07, 6.45) is 0. The van der Waals surface area contributed by atoms with E-state index in [1.165, 1.54) is 65.3 Å². The standard InChI is InChI=1S/C46H28O/c1-3-16-32-29(12-1)14-9-22-36(32)44-38-19-5-6-20-39(38)45(37-23-10-15-30-13-2-4-17-33(30)37)42-28-31(26-27-40(42)44)34-21-11-24-41-35-18-7-8-25-43(35)47-46(34)41/h1-28H. The average molecular weight is 597 g/mol. The SMILES string of the molecule is c1ccc2c(-c3c4ccccc4c(-c4cccc5ccccc45)c4cc(-c5cccc6c5oc5ccccc56)ccc34)cccc2c1. The normalized spacial score (nSPS) is 11.8. The molecule has 1 heterocycles. The van der Waals surface area contributed by atoms with Crippen LogP contribution in [0.3, 0.4) is 0 Å². The quantitative estimate of drug-likeness (QED) is 0.185. The maximum atomic E-state index is 6.53. The predicted octanol–water partition coefficient (Wildman–Crippen LogP) is 13.2. The Bertz CT molecular complexity index is 2840. The minimum Gasteiger partial charge on any atom is -0.455 e. The summed E-state index contributed by atoms with van der Waals surface area (Å²) in [7, 11) is 0. The Hall–Kier alpha value is -6.18. The lowest BCUT2D eigenvalue weighted by molar-refractivity contribution is 0.670. The molecule has 0 amide bonds. The molecule has 0 aliphatic heterocycles. The Morgan fingerprint density at radius 1 is 0.298 bits per heavy atom. The van der Waals surface area contributed by atoms with Gasteiger partial charge >= 0.3 is 0 Å². The summed E-state index contributed by atoms with van der Waals surface area (Å²) < 4.78 is 6.53. The Kier molecular flexibility index (Phi) is 5.64. The maximum Gasteiger partial charge on any atom is 0.143 e. The van der Waals surface area contributed by atoms with Crippen molar-refractivity contribution >= 4 is 65.0 Å². The third kappa shape index (κ3) is 3.90. The van der Waals surface area contributed by atoms with E-state index in [-0.39, 0.29) is 0 Å². The fourth-order valence-corrected chi connectivity index (χ4v) is 7.79. The van der Waals surface area contributed by atoms with Crippen molar-refractivity contribution in [3.8, 4) is 33.4 Å². The Morgan fingerprint density at radius 3 is 1.45 bits per heavy atom. The first-order chi connectivity index (χ1) is 23.3. The van der Waals surface area contributed by atoms with Gasteiger partial charge in [-0.2, -0.15) is 0 Å². The molecule has 1 heteroatoms. The number of furan rings is 1. The fourth-order valence-electron chi connectivity index (χ4n) is 7.79. The lowest BCUT2D eigenvalue weighted by atomic mass is 9.83. The van der Waals surface area contributed by atoms with E-state index in [9.17, 15) is 0 Å². The highest BCUT2D eigenvalue weighted by atomic mass is 16.3. The molecule has 9 aromatic carbocycles. The van der Waals surface area contributed by atoms with Gasteiger partial charge in [0.1, 0.15) is 11.2 Å². The number of para-hydroxylation sites is 2. The monoisotopic (exact) mass is 596 g/mol. The molecule has 0 N–H and O–H groups in total. The lowest BCUT2D eigenvalue weighted by Crippen LogP contribution is -1.93. The summed E-state index contributed by atoms with van der Waals surface area (Å²) in [5.74, 6) is 0. The molecule has 0 spiro atoms. The molecule has 0 unspecified atom stereocenters. The van der Waals surface area contributed by atoms with E-state index in [4.69, 9.17) is 4.42 Å². The average Bonchev–Trinajstić information content (AvgIpc) is 3.52. The molecule has 218 valence electrons. The summed E-state index contributed by atoms with van der Waals surface area (Å²) in [4.78, 5) is 0. The molecule has 0 saturated heterocycles.